The Labute approximate surface area is 80.7 Å². The molecule has 0 aliphatic carbocycles. The number of piperidine rings is 1. The van der Waals surface area contributed by atoms with Gasteiger partial charge >= 0.3 is 0 Å². The maximum atomic E-state index is 8.84. The molecule has 0 saturated carbocycles. The molecule has 0 bridgehead atoms. The Morgan fingerprint density at radius 1 is 1.54 bits per heavy atom. The van der Waals surface area contributed by atoms with Gasteiger partial charge in [-0.25, -0.2) is 0 Å². The molecule has 1 saturated heterocycles. The van der Waals surface area contributed by atoms with E-state index in [-0.39, 0.29) is 0 Å². The van der Waals surface area contributed by atoms with E-state index in [1.165, 1.54) is 19.4 Å². The van der Waals surface area contributed by atoms with E-state index in [4.69, 9.17) is 9.84 Å². The molecule has 0 aromatic heterocycles. The third-order valence-corrected chi connectivity index (χ3v) is 2.75. The van der Waals surface area contributed by atoms with Crippen molar-refractivity contribution in [2.24, 2.45) is 5.92 Å². The SMILES string of the molecule is COCCN1CCCC(CCO)C1. The summed E-state index contributed by atoms with van der Waals surface area (Å²) in [7, 11) is 1.75. The summed E-state index contributed by atoms with van der Waals surface area (Å²) in [5, 5.41) is 8.84. The standard InChI is InChI=1S/C10H21NO2/c1-13-8-6-11-5-2-3-10(9-11)4-7-12/h10,12H,2-9H2,1H3. The van der Waals surface area contributed by atoms with Crippen molar-refractivity contribution in [1.82, 2.24) is 4.90 Å². The first kappa shape index (κ1) is 11.0. The molecule has 1 N–H and O–H groups in total. The second-order valence-electron chi connectivity index (χ2n) is 3.81. The molecule has 13 heavy (non-hydrogen) atoms. The lowest BCUT2D eigenvalue weighted by Gasteiger charge is -2.32. The van der Waals surface area contributed by atoms with E-state index in [0.29, 0.717) is 12.5 Å². The number of nitrogens with zero attached hydrogens (tertiary/aromatic N) is 1. The average Bonchev–Trinajstić information content (AvgIpc) is 2.16. The molecule has 1 atom stereocenters. The summed E-state index contributed by atoms with van der Waals surface area (Å²) in [5.41, 5.74) is 0. The number of methoxy groups -OCH3 is 1. The lowest BCUT2D eigenvalue weighted by molar-refractivity contribution is 0.105. The molecule has 1 aliphatic heterocycles. The number of hydrogen-bond donors (Lipinski definition) is 1. The van der Waals surface area contributed by atoms with Crippen molar-refractivity contribution in [3.63, 3.8) is 0 Å². The first-order valence-electron chi connectivity index (χ1n) is 5.19. The molecule has 78 valence electrons. The highest BCUT2D eigenvalue weighted by Gasteiger charge is 2.18. The summed E-state index contributed by atoms with van der Waals surface area (Å²) in [6.45, 7) is 4.54. The fraction of sp³-hybridized carbons (Fsp3) is 1.00. The van der Waals surface area contributed by atoms with Gasteiger partial charge in [0.15, 0.2) is 0 Å². The molecule has 0 aromatic carbocycles. The minimum absolute atomic E-state index is 0.336. The minimum Gasteiger partial charge on any atom is -0.396 e. The zero-order valence-corrected chi connectivity index (χ0v) is 8.54. The quantitative estimate of drug-likeness (QED) is 0.688. The van der Waals surface area contributed by atoms with Gasteiger partial charge in [-0.05, 0) is 31.7 Å². The molecule has 1 unspecified atom stereocenters. The lowest BCUT2D eigenvalue weighted by Crippen LogP contribution is -2.37. The van der Waals surface area contributed by atoms with Gasteiger partial charge in [0.05, 0.1) is 6.61 Å². The van der Waals surface area contributed by atoms with Crippen LogP contribution in [0.5, 0.6) is 0 Å². The molecule has 1 rings (SSSR count). The Hall–Kier alpha value is -0.120. The molecule has 0 aromatic rings. The van der Waals surface area contributed by atoms with Crippen molar-refractivity contribution < 1.29 is 9.84 Å². The van der Waals surface area contributed by atoms with Crippen LogP contribution in [-0.2, 0) is 4.74 Å². The van der Waals surface area contributed by atoms with Gasteiger partial charge in [-0.15, -0.1) is 0 Å². The van der Waals surface area contributed by atoms with Crippen molar-refractivity contribution in [2.45, 2.75) is 19.3 Å². The van der Waals surface area contributed by atoms with Crippen molar-refractivity contribution in [2.75, 3.05) is 40.0 Å². The monoisotopic (exact) mass is 187 g/mol. The van der Waals surface area contributed by atoms with E-state index in [1.807, 2.05) is 0 Å². The van der Waals surface area contributed by atoms with Gasteiger partial charge in [0.2, 0.25) is 0 Å². The van der Waals surface area contributed by atoms with E-state index in [9.17, 15) is 0 Å². The summed E-state index contributed by atoms with van der Waals surface area (Å²) in [5.74, 6) is 0.704. The normalized spacial score (nSPS) is 24.9. The van der Waals surface area contributed by atoms with Crippen LogP contribution in [0.4, 0.5) is 0 Å². The molecule has 3 heteroatoms. The zero-order chi connectivity index (χ0) is 9.52. The van der Waals surface area contributed by atoms with Gasteiger partial charge in [-0.3, -0.25) is 0 Å². The summed E-state index contributed by atoms with van der Waals surface area (Å²) >= 11 is 0. The van der Waals surface area contributed by atoms with Crippen LogP contribution in [0, 0.1) is 5.92 Å². The molecule has 1 aliphatic rings. The predicted octanol–water partition coefficient (Wildman–Crippen LogP) is 0.727. The van der Waals surface area contributed by atoms with Crippen LogP contribution in [0.25, 0.3) is 0 Å². The Balaban J connectivity index is 2.16. The van der Waals surface area contributed by atoms with E-state index < -0.39 is 0 Å². The van der Waals surface area contributed by atoms with Crippen molar-refractivity contribution in [3.05, 3.63) is 0 Å². The van der Waals surface area contributed by atoms with Crippen molar-refractivity contribution in [3.8, 4) is 0 Å². The molecule has 3 nitrogen and oxygen atoms in total. The fourth-order valence-electron chi connectivity index (χ4n) is 1.99. The average molecular weight is 187 g/mol. The third-order valence-electron chi connectivity index (χ3n) is 2.75. The molecule has 0 radical (unpaired) electrons. The smallest absolute Gasteiger partial charge is 0.0589 e. The van der Waals surface area contributed by atoms with Crippen LogP contribution in [0.15, 0.2) is 0 Å². The van der Waals surface area contributed by atoms with Crippen LogP contribution in [0.1, 0.15) is 19.3 Å². The summed E-state index contributed by atoms with van der Waals surface area (Å²) in [4.78, 5) is 2.44. The van der Waals surface area contributed by atoms with Gasteiger partial charge in [0.25, 0.3) is 0 Å². The molecule has 0 amide bonds. The number of aliphatic hydroxyl groups is 1. The van der Waals surface area contributed by atoms with Gasteiger partial charge < -0.3 is 14.7 Å². The van der Waals surface area contributed by atoms with E-state index in [0.717, 1.165) is 26.1 Å². The van der Waals surface area contributed by atoms with Crippen molar-refractivity contribution in [1.29, 1.82) is 0 Å². The highest BCUT2D eigenvalue weighted by Crippen LogP contribution is 2.18. The Bertz CT molecular complexity index is 128. The highest BCUT2D eigenvalue weighted by molar-refractivity contribution is 4.72. The Morgan fingerprint density at radius 3 is 3.08 bits per heavy atom. The topological polar surface area (TPSA) is 32.7 Å². The molecule has 0 spiro atoms. The summed E-state index contributed by atoms with van der Waals surface area (Å²) < 4.78 is 5.05. The van der Waals surface area contributed by atoms with Crippen LogP contribution in [0.3, 0.4) is 0 Å². The Kier molecular flexibility index (Phi) is 5.35. The maximum Gasteiger partial charge on any atom is 0.0589 e. The van der Waals surface area contributed by atoms with E-state index >= 15 is 0 Å². The Morgan fingerprint density at radius 2 is 2.38 bits per heavy atom. The van der Waals surface area contributed by atoms with Crippen LogP contribution >= 0.6 is 0 Å². The highest BCUT2D eigenvalue weighted by atomic mass is 16.5. The number of rotatable bonds is 5. The number of aliphatic hydroxyl groups excluding tert-OH is 1. The van der Waals surface area contributed by atoms with Crippen LogP contribution in [-0.4, -0.2) is 50.0 Å². The fourth-order valence-corrected chi connectivity index (χ4v) is 1.99. The van der Waals surface area contributed by atoms with Gasteiger partial charge in [0, 0.05) is 26.8 Å². The van der Waals surface area contributed by atoms with Crippen molar-refractivity contribution >= 4 is 0 Å². The molecule has 1 heterocycles. The van der Waals surface area contributed by atoms with Gasteiger partial charge in [-0.1, -0.05) is 0 Å². The second kappa shape index (κ2) is 6.35. The van der Waals surface area contributed by atoms with Crippen LogP contribution < -0.4 is 0 Å². The van der Waals surface area contributed by atoms with E-state index in [1.54, 1.807) is 7.11 Å². The summed E-state index contributed by atoms with van der Waals surface area (Å²) in [6, 6.07) is 0. The third kappa shape index (κ3) is 4.07. The molecular formula is C10H21NO2. The lowest BCUT2D eigenvalue weighted by atomic mass is 9.95. The molecular weight excluding hydrogens is 166 g/mol. The minimum atomic E-state index is 0.336. The maximum absolute atomic E-state index is 8.84. The first-order valence-corrected chi connectivity index (χ1v) is 5.19. The number of ether oxygens (including phenoxy) is 1. The second-order valence-corrected chi connectivity index (χ2v) is 3.81. The number of hydrogen-bond acceptors (Lipinski definition) is 3. The van der Waals surface area contributed by atoms with Gasteiger partial charge in [0.1, 0.15) is 0 Å². The number of likely N-dealkylation sites (tertiary alicyclic amines) is 1. The van der Waals surface area contributed by atoms with Crippen LogP contribution in [0.2, 0.25) is 0 Å². The largest absolute Gasteiger partial charge is 0.396 e. The van der Waals surface area contributed by atoms with Gasteiger partial charge in [-0.2, -0.15) is 0 Å². The summed E-state index contributed by atoms with van der Waals surface area (Å²) in [6.07, 6.45) is 3.52. The first-order chi connectivity index (χ1) is 6.36. The molecule has 1 fully saturated rings. The predicted molar refractivity (Wildman–Crippen MR) is 52.7 cm³/mol. The van der Waals surface area contributed by atoms with E-state index in [2.05, 4.69) is 4.90 Å². The zero-order valence-electron chi connectivity index (χ0n) is 8.54.